The van der Waals surface area contributed by atoms with E-state index in [-0.39, 0.29) is 5.91 Å². The summed E-state index contributed by atoms with van der Waals surface area (Å²) >= 11 is 6.02. The van der Waals surface area contributed by atoms with E-state index in [4.69, 9.17) is 16.6 Å². The number of aromatic nitrogens is 2. The van der Waals surface area contributed by atoms with Gasteiger partial charge in [0, 0.05) is 34.9 Å². The molecule has 0 aliphatic heterocycles. The molecule has 2 aromatic carbocycles. The number of hydrogen-bond acceptors (Lipinski definition) is 3. The molecule has 0 unspecified atom stereocenters. The molecule has 4 aromatic rings. The van der Waals surface area contributed by atoms with Gasteiger partial charge in [0.2, 0.25) is 0 Å². The van der Waals surface area contributed by atoms with Crippen LogP contribution in [0.3, 0.4) is 0 Å². The first-order chi connectivity index (χ1) is 13.2. The predicted molar refractivity (Wildman–Crippen MR) is 108 cm³/mol. The molecule has 2 heterocycles. The van der Waals surface area contributed by atoms with Gasteiger partial charge in [0.25, 0.3) is 5.91 Å². The Labute approximate surface area is 161 Å². The van der Waals surface area contributed by atoms with E-state index in [0.29, 0.717) is 17.1 Å². The fourth-order valence-corrected chi connectivity index (χ4v) is 3.17. The van der Waals surface area contributed by atoms with Crippen molar-refractivity contribution in [3.05, 3.63) is 95.3 Å². The number of pyridine rings is 2. The van der Waals surface area contributed by atoms with Crippen LogP contribution in [-0.4, -0.2) is 15.9 Å². The number of nitrogens with one attached hydrogen (secondary N) is 1. The summed E-state index contributed by atoms with van der Waals surface area (Å²) in [6, 6.07) is 20.7. The number of benzene rings is 2. The molecule has 27 heavy (non-hydrogen) atoms. The number of rotatable bonds is 4. The van der Waals surface area contributed by atoms with Gasteiger partial charge >= 0.3 is 0 Å². The third-order valence-corrected chi connectivity index (χ3v) is 4.51. The fraction of sp³-hybridized carbons (Fsp3) is 0.0455. The highest BCUT2D eigenvalue weighted by Gasteiger charge is 2.13. The quantitative estimate of drug-likeness (QED) is 0.554. The van der Waals surface area contributed by atoms with Crippen LogP contribution in [0.4, 0.5) is 0 Å². The number of fused-ring (bicyclic) bond motifs is 1. The Morgan fingerprint density at radius 1 is 0.963 bits per heavy atom. The molecule has 0 spiro atoms. The molecular weight excluding hydrogens is 358 g/mol. The second-order valence-electron chi connectivity index (χ2n) is 6.12. The number of para-hydroxylation sites is 1. The molecule has 0 aliphatic carbocycles. The molecule has 0 saturated carbocycles. The van der Waals surface area contributed by atoms with E-state index in [1.165, 1.54) is 0 Å². The number of halogens is 1. The average molecular weight is 374 g/mol. The number of amides is 1. The maximum Gasteiger partial charge on any atom is 0.252 e. The molecule has 0 fully saturated rings. The molecule has 4 nitrogen and oxygen atoms in total. The molecule has 0 radical (unpaired) electrons. The molecule has 0 aliphatic rings. The van der Waals surface area contributed by atoms with Gasteiger partial charge in [-0.1, -0.05) is 41.9 Å². The van der Waals surface area contributed by atoms with Crippen molar-refractivity contribution >= 4 is 28.4 Å². The van der Waals surface area contributed by atoms with Gasteiger partial charge in [-0.2, -0.15) is 0 Å². The average Bonchev–Trinajstić information content (AvgIpc) is 2.72. The van der Waals surface area contributed by atoms with Crippen LogP contribution in [0.2, 0.25) is 5.02 Å². The minimum atomic E-state index is -0.149. The highest BCUT2D eigenvalue weighted by atomic mass is 35.5. The van der Waals surface area contributed by atoms with Crippen molar-refractivity contribution in [2.24, 2.45) is 0 Å². The van der Waals surface area contributed by atoms with Crippen molar-refractivity contribution in [2.45, 2.75) is 6.54 Å². The van der Waals surface area contributed by atoms with E-state index in [9.17, 15) is 4.79 Å². The van der Waals surface area contributed by atoms with Gasteiger partial charge in [-0.3, -0.25) is 9.78 Å². The van der Waals surface area contributed by atoms with Crippen molar-refractivity contribution in [2.75, 3.05) is 0 Å². The molecule has 0 saturated heterocycles. The normalized spacial score (nSPS) is 10.7. The monoisotopic (exact) mass is 373 g/mol. The van der Waals surface area contributed by atoms with Crippen LogP contribution in [0, 0.1) is 0 Å². The zero-order valence-electron chi connectivity index (χ0n) is 14.4. The van der Waals surface area contributed by atoms with Gasteiger partial charge in [0.05, 0.1) is 16.8 Å². The number of carbonyl (C=O) groups is 1. The van der Waals surface area contributed by atoms with E-state index < -0.39 is 0 Å². The van der Waals surface area contributed by atoms with E-state index >= 15 is 0 Å². The number of hydrogen-bond donors (Lipinski definition) is 1. The first-order valence-corrected chi connectivity index (χ1v) is 8.91. The standard InChI is InChI=1S/C22H16ClN3O/c23-17-5-3-4-15(12-17)14-25-22(27)19-13-21(16-8-10-24-11-9-16)26-20-7-2-1-6-18(19)20/h1-13H,14H2,(H,25,27). The van der Waals surface area contributed by atoms with Crippen LogP contribution in [-0.2, 0) is 6.54 Å². The van der Waals surface area contributed by atoms with E-state index in [1.54, 1.807) is 12.4 Å². The molecule has 1 amide bonds. The summed E-state index contributed by atoms with van der Waals surface area (Å²) in [6.45, 7) is 0.403. The lowest BCUT2D eigenvalue weighted by molar-refractivity contribution is 0.0952. The Balaban J connectivity index is 1.70. The van der Waals surface area contributed by atoms with Crippen LogP contribution >= 0.6 is 11.6 Å². The lowest BCUT2D eigenvalue weighted by atomic mass is 10.0. The van der Waals surface area contributed by atoms with Gasteiger partial charge in [0.15, 0.2) is 0 Å². The van der Waals surface area contributed by atoms with Crippen LogP contribution in [0.5, 0.6) is 0 Å². The smallest absolute Gasteiger partial charge is 0.252 e. The maximum atomic E-state index is 12.9. The Morgan fingerprint density at radius 2 is 1.78 bits per heavy atom. The van der Waals surface area contributed by atoms with Crippen molar-refractivity contribution in [3.63, 3.8) is 0 Å². The number of carbonyl (C=O) groups excluding carboxylic acids is 1. The van der Waals surface area contributed by atoms with Crippen LogP contribution in [0.25, 0.3) is 22.2 Å². The van der Waals surface area contributed by atoms with E-state index in [2.05, 4.69) is 10.3 Å². The van der Waals surface area contributed by atoms with Crippen molar-refractivity contribution in [1.82, 2.24) is 15.3 Å². The molecule has 0 bridgehead atoms. The van der Waals surface area contributed by atoms with Crippen molar-refractivity contribution in [1.29, 1.82) is 0 Å². The van der Waals surface area contributed by atoms with Crippen molar-refractivity contribution in [3.8, 4) is 11.3 Å². The van der Waals surface area contributed by atoms with Gasteiger partial charge in [-0.05, 0) is 42.0 Å². The van der Waals surface area contributed by atoms with E-state index in [1.807, 2.05) is 66.7 Å². The maximum absolute atomic E-state index is 12.9. The highest BCUT2D eigenvalue weighted by molar-refractivity contribution is 6.30. The van der Waals surface area contributed by atoms with Crippen LogP contribution < -0.4 is 5.32 Å². The van der Waals surface area contributed by atoms with E-state index in [0.717, 1.165) is 27.7 Å². The molecule has 5 heteroatoms. The van der Waals surface area contributed by atoms with Gasteiger partial charge in [-0.25, -0.2) is 4.98 Å². The molecule has 1 N–H and O–H groups in total. The summed E-state index contributed by atoms with van der Waals surface area (Å²) in [5.74, 6) is -0.149. The highest BCUT2D eigenvalue weighted by Crippen LogP contribution is 2.24. The molecule has 0 atom stereocenters. The number of nitrogens with zero attached hydrogens (tertiary/aromatic N) is 2. The summed E-state index contributed by atoms with van der Waals surface area (Å²) < 4.78 is 0. The molecule has 4 rings (SSSR count). The zero-order chi connectivity index (χ0) is 18.6. The topological polar surface area (TPSA) is 54.9 Å². The minimum Gasteiger partial charge on any atom is -0.348 e. The first kappa shape index (κ1) is 17.2. The Bertz CT molecular complexity index is 1110. The third-order valence-electron chi connectivity index (χ3n) is 4.28. The largest absolute Gasteiger partial charge is 0.348 e. The van der Waals surface area contributed by atoms with Gasteiger partial charge in [0.1, 0.15) is 0 Å². The zero-order valence-corrected chi connectivity index (χ0v) is 15.1. The molecular formula is C22H16ClN3O. The minimum absolute atomic E-state index is 0.149. The summed E-state index contributed by atoms with van der Waals surface area (Å²) in [7, 11) is 0. The molecule has 2 aromatic heterocycles. The Kier molecular flexibility index (Phi) is 4.81. The molecule has 132 valence electrons. The summed E-state index contributed by atoms with van der Waals surface area (Å²) in [5.41, 5.74) is 3.97. The predicted octanol–water partition coefficient (Wildman–Crippen LogP) is 4.88. The SMILES string of the molecule is O=C(NCc1cccc(Cl)c1)c1cc(-c2ccncc2)nc2ccccc12. The second-order valence-corrected chi connectivity index (χ2v) is 6.56. The Hall–Kier alpha value is -3.24. The summed E-state index contributed by atoms with van der Waals surface area (Å²) in [6.07, 6.45) is 3.43. The lowest BCUT2D eigenvalue weighted by Gasteiger charge is -2.11. The first-order valence-electron chi connectivity index (χ1n) is 8.53. The Morgan fingerprint density at radius 3 is 2.59 bits per heavy atom. The second kappa shape index (κ2) is 7.56. The van der Waals surface area contributed by atoms with Gasteiger partial charge < -0.3 is 5.32 Å². The third kappa shape index (κ3) is 3.81. The van der Waals surface area contributed by atoms with Gasteiger partial charge in [-0.15, -0.1) is 0 Å². The summed E-state index contributed by atoms with van der Waals surface area (Å²) in [5, 5.41) is 4.44. The lowest BCUT2D eigenvalue weighted by Crippen LogP contribution is -2.23. The van der Waals surface area contributed by atoms with Crippen LogP contribution in [0.15, 0.2) is 79.1 Å². The summed E-state index contributed by atoms with van der Waals surface area (Å²) in [4.78, 5) is 21.7. The van der Waals surface area contributed by atoms with Crippen LogP contribution in [0.1, 0.15) is 15.9 Å². The van der Waals surface area contributed by atoms with Crippen molar-refractivity contribution < 1.29 is 4.79 Å². The fourth-order valence-electron chi connectivity index (χ4n) is 2.96.